The van der Waals surface area contributed by atoms with E-state index < -0.39 is 0 Å². The molecule has 1 aromatic heterocycles. The highest BCUT2D eigenvalue weighted by Gasteiger charge is 2.23. The number of hydrogen-bond acceptors (Lipinski definition) is 5. The molecule has 1 amide bonds. The van der Waals surface area contributed by atoms with E-state index >= 15 is 0 Å². The normalized spacial score (nSPS) is 14.6. The Bertz CT molecular complexity index is 905. The molecule has 8 heteroatoms. The molecule has 2 aromatic rings. The van der Waals surface area contributed by atoms with Crippen LogP contribution in [0.1, 0.15) is 19.6 Å². The fourth-order valence-electron chi connectivity index (χ4n) is 3.64. The molecule has 0 radical (unpaired) electrons. The van der Waals surface area contributed by atoms with Crippen molar-refractivity contribution in [2.45, 2.75) is 20.4 Å². The first kappa shape index (κ1) is 21.8. The van der Waals surface area contributed by atoms with Crippen LogP contribution in [0.4, 0.5) is 10.1 Å². The standard InChI is InChI=1S/C22H28FN3O4/c1-3-25(4-2)22(28)16-30-21-15-29-17(13-20(21)27)14-24-9-11-26(12-10-24)19-8-6-5-7-18(19)23/h5-8,13,15H,3-4,9-12,14,16H2,1-2H3/p+1. The number of ether oxygens (including phenoxy) is 1. The van der Waals surface area contributed by atoms with E-state index in [1.165, 1.54) is 23.3 Å². The molecule has 0 saturated carbocycles. The van der Waals surface area contributed by atoms with Gasteiger partial charge in [-0.1, -0.05) is 12.1 Å². The monoisotopic (exact) mass is 418 g/mol. The first-order valence-corrected chi connectivity index (χ1v) is 10.4. The Balaban J connectivity index is 1.52. The van der Waals surface area contributed by atoms with Gasteiger partial charge in [-0.2, -0.15) is 0 Å². The average Bonchev–Trinajstić information content (AvgIpc) is 2.75. The molecule has 1 aliphatic rings. The van der Waals surface area contributed by atoms with Crippen molar-refractivity contribution < 1.29 is 23.2 Å². The lowest BCUT2D eigenvalue weighted by atomic mass is 10.2. The summed E-state index contributed by atoms with van der Waals surface area (Å²) < 4.78 is 24.9. The van der Waals surface area contributed by atoms with Crippen LogP contribution in [0.2, 0.25) is 0 Å². The third-order valence-electron chi connectivity index (χ3n) is 5.41. The average molecular weight is 418 g/mol. The topological polar surface area (TPSA) is 67.4 Å². The van der Waals surface area contributed by atoms with Crippen LogP contribution in [0.5, 0.6) is 5.75 Å². The van der Waals surface area contributed by atoms with Crippen molar-refractivity contribution in [3.63, 3.8) is 0 Å². The number of nitrogens with zero attached hydrogens (tertiary/aromatic N) is 2. The smallest absolute Gasteiger partial charge is 0.260 e. The van der Waals surface area contributed by atoms with E-state index in [2.05, 4.69) is 0 Å². The molecule has 1 fully saturated rings. The van der Waals surface area contributed by atoms with Gasteiger partial charge in [-0.15, -0.1) is 0 Å². The van der Waals surface area contributed by atoms with Gasteiger partial charge in [0.2, 0.25) is 11.2 Å². The number of quaternary nitrogens is 1. The highest BCUT2D eigenvalue weighted by atomic mass is 19.1. The van der Waals surface area contributed by atoms with Crippen molar-refractivity contribution in [2.75, 3.05) is 50.8 Å². The molecule has 2 heterocycles. The number of halogens is 1. The molecule has 162 valence electrons. The van der Waals surface area contributed by atoms with E-state index in [4.69, 9.17) is 9.15 Å². The third-order valence-corrected chi connectivity index (χ3v) is 5.41. The fraction of sp³-hybridized carbons (Fsp3) is 0.455. The Kier molecular flexibility index (Phi) is 7.46. The summed E-state index contributed by atoms with van der Waals surface area (Å²) in [4.78, 5) is 29.3. The van der Waals surface area contributed by atoms with Crippen LogP contribution in [0, 0.1) is 5.82 Å². The second kappa shape index (κ2) is 10.2. The predicted octanol–water partition coefficient (Wildman–Crippen LogP) is 0.931. The number of nitrogens with one attached hydrogen (secondary N) is 1. The van der Waals surface area contributed by atoms with E-state index in [9.17, 15) is 14.0 Å². The Morgan fingerprint density at radius 1 is 1.23 bits per heavy atom. The van der Waals surface area contributed by atoms with Crippen molar-refractivity contribution in [3.8, 4) is 5.75 Å². The van der Waals surface area contributed by atoms with Crippen LogP contribution >= 0.6 is 0 Å². The molecule has 1 saturated heterocycles. The minimum atomic E-state index is -0.298. The molecule has 1 aliphatic heterocycles. The summed E-state index contributed by atoms with van der Waals surface area (Å²) in [5, 5.41) is 0. The summed E-state index contributed by atoms with van der Waals surface area (Å²) >= 11 is 0. The van der Waals surface area contributed by atoms with Crippen molar-refractivity contribution >= 4 is 11.6 Å². The van der Waals surface area contributed by atoms with E-state index in [0.717, 1.165) is 26.2 Å². The minimum Gasteiger partial charge on any atom is -0.477 e. The largest absolute Gasteiger partial charge is 0.477 e. The van der Waals surface area contributed by atoms with Gasteiger partial charge in [-0.25, -0.2) is 4.39 Å². The molecule has 7 nitrogen and oxygen atoms in total. The van der Waals surface area contributed by atoms with Crippen LogP contribution in [0.15, 0.2) is 45.8 Å². The van der Waals surface area contributed by atoms with E-state index in [1.807, 2.05) is 24.8 Å². The molecule has 1 aromatic carbocycles. The Hall–Kier alpha value is -2.87. The predicted molar refractivity (Wildman–Crippen MR) is 111 cm³/mol. The van der Waals surface area contributed by atoms with Gasteiger partial charge in [0.15, 0.2) is 12.4 Å². The highest BCUT2D eigenvalue weighted by Crippen LogP contribution is 2.18. The summed E-state index contributed by atoms with van der Waals surface area (Å²) in [6.07, 6.45) is 1.28. The Morgan fingerprint density at radius 2 is 1.93 bits per heavy atom. The van der Waals surface area contributed by atoms with Crippen LogP contribution in [-0.2, 0) is 11.3 Å². The highest BCUT2D eigenvalue weighted by molar-refractivity contribution is 5.77. The number of likely N-dealkylation sites (N-methyl/N-ethyl adjacent to an activating group) is 1. The maximum atomic E-state index is 14.0. The van der Waals surface area contributed by atoms with E-state index in [-0.39, 0.29) is 29.5 Å². The lowest BCUT2D eigenvalue weighted by molar-refractivity contribution is -0.915. The lowest BCUT2D eigenvalue weighted by Crippen LogP contribution is -3.13. The number of carbonyl (C=O) groups is 1. The summed E-state index contributed by atoms with van der Waals surface area (Å²) in [6.45, 7) is 8.45. The van der Waals surface area contributed by atoms with Crippen LogP contribution in [0.25, 0.3) is 0 Å². The molecule has 3 rings (SSSR count). The lowest BCUT2D eigenvalue weighted by Gasteiger charge is -2.33. The van der Waals surface area contributed by atoms with Gasteiger partial charge in [0, 0.05) is 19.2 Å². The molecular formula is C22H29FN3O4+. The number of hydrogen-bond donors (Lipinski definition) is 1. The Morgan fingerprint density at radius 3 is 2.57 bits per heavy atom. The first-order chi connectivity index (χ1) is 14.5. The number of para-hydroxylation sites is 1. The van der Waals surface area contributed by atoms with E-state index in [1.54, 1.807) is 17.0 Å². The summed E-state index contributed by atoms with van der Waals surface area (Å²) in [6, 6.07) is 8.22. The molecule has 1 N–H and O–H groups in total. The zero-order valence-electron chi connectivity index (χ0n) is 17.5. The van der Waals surface area contributed by atoms with Gasteiger partial charge in [0.1, 0.15) is 18.6 Å². The molecule has 0 unspecified atom stereocenters. The third kappa shape index (κ3) is 5.38. The Labute approximate surface area is 175 Å². The maximum Gasteiger partial charge on any atom is 0.260 e. The second-order valence-corrected chi connectivity index (χ2v) is 7.29. The van der Waals surface area contributed by atoms with Gasteiger partial charge in [-0.3, -0.25) is 9.59 Å². The fourth-order valence-corrected chi connectivity index (χ4v) is 3.64. The maximum absolute atomic E-state index is 14.0. The first-order valence-electron chi connectivity index (χ1n) is 10.4. The van der Waals surface area contributed by atoms with Gasteiger partial charge in [-0.05, 0) is 26.0 Å². The number of rotatable bonds is 8. The zero-order valence-corrected chi connectivity index (χ0v) is 17.5. The second-order valence-electron chi connectivity index (χ2n) is 7.29. The number of carbonyl (C=O) groups excluding carboxylic acids is 1. The number of amides is 1. The number of anilines is 1. The number of benzene rings is 1. The quantitative estimate of drug-likeness (QED) is 0.691. The number of piperazine rings is 1. The van der Waals surface area contributed by atoms with Crippen molar-refractivity contribution in [1.29, 1.82) is 0 Å². The van der Waals surface area contributed by atoms with Gasteiger partial charge < -0.3 is 23.9 Å². The molecule has 0 atom stereocenters. The van der Waals surface area contributed by atoms with Crippen molar-refractivity contribution in [3.05, 3.63) is 58.4 Å². The van der Waals surface area contributed by atoms with Gasteiger partial charge in [0.05, 0.1) is 31.9 Å². The summed E-state index contributed by atoms with van der Waals surface area (Å²) in [7, 11) is 0. The molecule has 0 spiro atoms. The SMILES string of the molecule is CCN(CC)C(=O)COc1coc(C[NH+]2CCN(c3ccccc3F)CC2)cc1=O. The van der Waals surface area contributed by atoms with Crippen LogP contribution < -0.4 is 20.0 Å². The minimum absolute atomic E-state index is 0.0404. The molecule has 0 bridgehead atoms. The van der Waals surface area contributed by atoms with Crippen molar-refractivity contribution in [1.82, 2.24) is 4.90 Å². The van der Waals surface area contributed by atoms with Gasteiger partial charge in [0.25, 0.3) is 5.91 Å². The molecule has 0 aliphatic carbocycles. The zero-order chi connectivity index (χ0) is 21.5. The summed E-state index contributed by atoms with van der Waals surface area (Å²) in [5.41, 5.74) is 0.330. The molecule has 30 heavy (non-hydrogen) atoms. The van der Waals surface area contributed by atoms with Crippen LogP contribution in [0.3, 0.4) is 0 Å². The van der Waals surface area contributed by atoms with Crippen LogP contribution in [-0.4, -0.2) is 56.7 Å². The van der Waals surface area contributed by atoms with Crippen molar-refractivity contribution in [2.24, 2.45) is 0 Å². The van der Waals surface area contributed by atoms with Gasteiger partial charge >= 0.3 is 0 Å². The van der Waals surface area contributed by atoms with E-state index in [0.29, 0.717) is 31.1 Å². The summed E-state index contributed by atoms with van der Waals surface area (Å²) in [5.74, 6) is 0.234. The molecular weight excluding hydrogens is 389 g/mol.